The summed E-state index contributed by atoms with van der Waals surface area (Å²) in [6.45, 7) is 0.117. The highest BCUT2D eigenvalue weighted by atomic mass is 19.4. The average Bonchev–Trinajstić information content (AvgIpc) is 3.44. The van der Waals surface area contributed by atoms with E-state index in [4.69, 9.17) is 4.74 Å². The zero-order valence-electron chi connectivity index (χ0n) is 25.8. The zero-order chi connectivity index (χ0) is 33.9. The number of benzene rings is 3. The van der Waals surface area contributed by atoms with Crippen LogP contribution in [0.2, 0.25) is 0 Å². The summed E-state index contributed by atoms with van der Waals surface area (Å²) < 4.78 is 88.1. The fraction of sp³-hybridized carbons (Fsp3) is 0.471. The molecule has 2 heterocycles. The second kappa shape index (κ2) is 14.1. The number of nitrogens with one attached hydrogen (secondary N) is 1. The van der Waals surface area contributed by atoms with Crippen molar-refractivity contribution in [1.29, 1.82) is 0 Å². The van der Waals surface area contributed by atoms with Crippen LogP contribution in [0.15, 0.2) is 54.6 Å². The Bertz CT molecular complexity index is 1590. The fourth-order valence-electron chi connectivity index (χ4n) is 6.71. The lowest BCUT2D eigenvalue weighted by molar-refractivity contribution is -0.233. The quantitative estimate of drug-likeness (QED) is 0.242. The average molecular weight is 666 g/mol. The highest BCUT2D eigenvalue weighted by Gasteiger charge is 2.61. The van der Waals surface area contributed by atoms with E-state index in [9.17, 15) is 41.0 Å². The first-order chi connectivity index (χ1) is 22.3. The third-order valence-corrected chi connectivity index (χ3v) is 9.30. The van der Waals surface area contributed by atoms with Crippen LogP contribution in [0.5, 0.6) is 5.75 Å². The van der Waals surface area contributed by atoms with Crippen molar-refractivity contribution in [2.24, 2.45) is 5.41 Å². The number of alkyl halides is 6. The maximum atomic E-state index is 14.3. The highest BCUT2D eigenvalue weighted by molar-refractivity contribution is 6.00. The van der Waals surface area contributed by atoms with Crippen molar-refractivity contribution in [3.63, 3.8) is 0 Å². The maximum Gasteiger partial charge on any atom is 0.403 e. The van der Waals surface area contributed by atoms with E-state index in [-0.39, 0.29) is 19.5 Å². The minimum atomic E-state index is -5.01. The van der Waals surface area contributed by atoms with E-state index >= 15 is 0 Å². The third-order valence-electron chi connectivity index (χ3n) is 9.30. The molecule has 3 aromatic rings. The van der Waals surface area contributed by atoms with E-state index in [0.29, 0.717) is 42.8 Å². The van der Waals surface area contributed by atoms with E-state index in [2.05, 4.69) is 5.32 Å². The number of hydrogen-bond donors (Lipinski definition) is 2. The summed E-state index contributed by atoms with van der Waals surface area (Å²) in [7, 11) is 1.54. The number of aliphatic carboxylic acids is 1. The molecule has 0 bridgehead atoms. The number of likely N-dealkylation sites (tertiary alicyclic amines) is 2. The summed E-state index contributed by atoms with van der Waals surface area (Å²) in [4.78, 5) is 28.8. The van der Waals surface area contributed by atoms with Gasteiger partial charge in [0.15, 0.2) is 0 Å². The predicted octanol–water partition coefficient (Wildman–Crippen LogP) is 6.08. The Balaban J connectivity index is 1.42. The SMILES string of the molecule is COc1ccc(CN2CC[C@H](F)C2)cc1-c1cccc2c(C[C@H](NC(=O)C3(C(F)(F)F)CCN(CC(F)F)CC3)C(=O)O)cccc12. The number of amides is 1. The lowest BCUT2D eigenvalue weighted by Crippen LogP contribution is -2.59. The molecule has 254 valence electrons. The fourth-order valence-corrected chi connectivity index (χ4v) is 6.71. The molecule has 0 saturated carbocycles. The smallest absolute Gasteiger partial charge is 0.403 e. The maximum absolute atomic E-state index is 14.3. The van der Waals surface area contributed by atoms with Crippen molar-refractivity contribution in [1.82, 2.24) is 15.1 Å². The molecule has 13 heteroatoms. The first kappa shape index (κ1) is 34.5. The molecule has 0 radical (unpaired) electrons. The van der Waals surface area contributed by atoms with Gasteiger partial charge in [0.05, 0.1) is 13.7 Å². The molecular weight excluding hydrogens is 628 g/mol. The van der Waals surface area contributed by atoms with Crippen molar-refractivity contribution in [2.75, 3.05) is 39.8 Å². The van der Waals surface area contributed by atoms with Crippen molar-refractivity contribution >= 4 is 22.6 Å². The van der Waals surface area contributed by atoms with Crippen LogP contribution in [0, 0.1) is 5.41 Å². The van der Waals surface area contributed by atoms with Crippen LogP contribution in [-0.4, -0.2) is 91.4 Å². The molecule has 7 nitrogen and oxygen atoms in total. The van der Waals surface area contributed by atoms with Gasteiger partial charge in [-0.1, -0.05) is 42.5 Å². The van der Waals surface area contributed by atoms with E-state index in [1.165, 1.54) is 4.90 Å². The predicted molar refractivity (Wildman–Crippen MR) is 164 cm³/mol. The van der Waals surface area contributed by atoms with Crippen LogP contribution in [0.3, 0.4) is 0 Å². The topological polar surface area (TPSA) is 82.1 Å². The van der Waals surface area contributed by atoms with Gasteiger partial charge in [-0.2, -0.15) is 13.2 Å². The van der Waals surface area contributed by atoms with Crippen LogP contribution < -0.4 is 10.1 Å². The van der Waals surface area contributed by atoms with Gasteiger partial charge < -0.3 is 15.2 Å². The number of rotatable bonds is 11. The number of carbonyl (C=O) groups excluding carboxylic acids is 1. The minimum absolute atomic E-state index is 0.302. The molecule has 2 saturated heterocycles. The van der Waals surface area contributed by atoms with Gasteiger partial charge in [0, 0.05) is 31.6 Å². The molecule has 2 aliphatic heterocycles. The third kappa shape index (κ3) is 7.51. The molecule has 1 amide bonds. The summed E-state index contributed by atoms with van der Waals surface area (Å²) in [5.74, 6) is -2.40. The standard InChI is InChI=1S/C34H37F6N3O4/c1-47-29-9-8-21(18-43-13-10-23(35)19-43)16-27(29)26-7-3-5-24-22(4-2-6-25(24)26)17-28(31(44)45)41-32(46)33(34(38,39)40)11-14-42(15-12-33)20-30(36)37/h2-9,16,23,28,30H,10-15,17-20H2,1H3,(H,41,46)(H,44,45)/t23-,28-/m0/s1. The lowest BCUT2D eigenvalue weighted by Gasteiger charge is -2.41. The molecule has 0 aliphatic carbocycles. The number of halogens is 6. The van der Waals surface area contributed by atoms with E-state index in [1.807, 2.05) is 35.2 Å². The Labute approximate surface area is 268 Å². The van der Waals surface area contributed by atoms with Crippen molar-refractivity contribution < 1.29 is 45.8 Å². The van der Waals surface area contributed by atoms with Gasteiger partial charge >= 0.3 is 12.1 Å². The van der Waals surface area contributed by atoms with E-state index in [0.717, 1.165) is 22.1 Å². The van der Waals surface area contributed by atoms with Gasteiger partial charge in [-0.05, 0) is 71.9 Å². The zero-order valence-corrected chi connectivity index (χ0v) is 25.8. The second-order valence-corrected chi connectivity index (χ2v) is 12.3. The summed E-state index contributed by atoms with van der Waals surface area (Å²) >= 11 is 0. The van der Waals surface area contributed by atoms with Crippen molar-refractivity contribution in [2.45, 2.75) is 57.0 Å². The molecule has 0 unspecified atom stereocenters. The van der Waals surface area contributed by atoms with Gasteiger partial charge in [0.2, 0.25) is 5.91 Å². The Morgan fingerprint density at radius 3 is 2.32 bits per heavy atom. The van der Waals surface area contributed by atoms with E-state index < -0.39 is 61.5 Å². The van der Waals surface area contributed by atoms with Crippen molar-refractivity contribution in [3.8, 4) is 16.9 Å². The molecule has 0 spiro atoms. The summed E-state index contributed by atoms with van der Waals surface area (Å²) in [5.41, 5.74) is 0.0846. The molecule has 5 rings (SSSR count). The summed E-state index contributed by atoms with van der Waals surface area (Å²) in [5, 5.41) is 13.5. The Morgan fingerprint density at radius 2 is 1.70 bits per heavy atom. The van der Waals surface area contributed by atoms with E-state index in [1.54, 1.807) is 31.4 Å². The van der Waals surface area contributed by atoms with Gasteiger partial charge in [-0.25, -0.2) is 18.0 Å². The number of hydrogen-bond acceptors (Lipinski definition) is 5. The highest BCUT2D eigenvalue weighted by Crippen LogP contribution is 2.47. The number of carbonyl (C=O) groups is 2. The van der Waals surface area contributed by atoms with Crippen LogP contribution in [0.4, 0.5) is 26.3 Å². The number of piperidine rings is 1. The van der Waals surface area contributed by atoms with Gasteiger partial charge in [-0.3, -0.25) is 14.6 Å². The number of methoxy groups -OCH3 is 1. The minimum Gasteiger partial charge on any atom is -0.496 e. The van der Waals surface area contributed by atoms with Crippen LogP contribution in [0.1, 0.15) is 30.4 Å². The molecule has 0 aromatic heterocycles. The van der Waals surface area contributed by atoms with Gasteiger partial charge in [0.25, 0.3) is 6.43 Å². The molecular formula is C34H37F6N3O4. The first-order valence-electron chi connectivity index (χ1n) is 15.5. The normalized spacial score (nSPS) is 19.6. The molecule has 2 atom stereocenters. The Kier molecular flexibility index (Phi) is 10.4. The number of ether oxygens (including phenoxy) is 1. The number of carboxylic acid groups (broad SMARTS) is 1. The van der Waals surface area contributed by atoms with Gasteiger partial charge in [-0.15, -0.1) is 0 Å². The summed E-state index contributed by atoms with van der Waals surface area (Å²) in [6.07, 6.45) is -9.92. The molecule has 47 heavy (non-hydrogen) atoms. The molecule has 2 N–H and O–H groups in total. The first-order valence-corrected chi connectivity index (χ1v) is 15.5. The number of fused-ring (bicyclic) bond motifs is 1. The van der Waals surface area contributed by atoms with Crippen molar-refractivity contribution in [3.05, 3.63) is 65.7 Å². The van der Waals surface area contributed by atoms with Crippen LogP contribution in [-0.2, 0) is 22.6 Å². The largest absolute Gasteiger partial charge is 0.496 e. The van der Waals surface area contributed by atoms with Crippen LogP contribution in [0.25, 0.3) is 21.9 Å². The second-order valence-electron chi connectivity index (χ2n) is 12.3. The lowest BCUT2D eigenvalue weighted by atomic mass is 9.76. The number of nitrogens with zero attached hydrogens (tertiary/aromatic N) is 2. The Morgan fingerprint density at radius 1 is 1.00 bits per heavy atom. The molecule has 3 aromatic carbocycles. The Hall–Kier alpha value is -3.84. The summed E-state index contributed by atoms with van der Waals surface area (Å²) in [6, 6.07) is 14.7. The van der Waals surface area contributed by atoms with Crippen LogP contribution >= 0.6 is 0 Å². The van der Waals surface area contributed by atoms with Gasteiger partial charge in [0.1, 0.15) is 23.4 Å². The molecule has 2 fully saturated rings. The number of carboxylic acids is 1. The molecule has 2 aliphatic rings. The monoisotopic (exact) mass is 665 g/mol.